The Kier molecular flexibility index (Phi) is 7.14. The Balaban J connectivity index is 1.08. The quantitative estimate of drug-likeness (QED) is 0.168. The molecule has 0 unspecified atom stereocenters. The first-order chi connectivity index (χ1) is 27.2. The molecule has 2 heterocycles. The molecule has 0 atom stereocenters. The topological polar surface area (TPSA) is 51.8 Å². The minimum absolute atomic E-state index is 0.597. The minimum atomic E-state index is 0.597. The van der Waals surface area contributed by atoms with Gasteiger partial charge in [-0.05, 0) is 61.1 Å². The highest BCUT2D eigenvalue weighted by atomic mass is 16.3. The number of hydrogen-bond donors (Lipinski definition) is 0. The summed E-state index contributed by atoms with van der Waals surface area (Å²) in [5, 5.41) is 9.30. The van der Waals surface area contributed by atoms with Crippen LogP contribution in [0.3, 0.4) is 0 Å². The number of hydrogen-bond acceptors (Lipinski definition) is 4. The van der Waals surface area contributed by atoms with Gasteiger partial charge in [0, 0.05) is 33.0 Å². The molecule has 9 aromatic carbocycles. The Morgan fingerprint density at radius 1 is 0.309 bits per heavy atom. The SMILES string of the molecule is c1ccc(-c2ccc(-c3cccc4c3oc3cccc(-c5nc(-c6ccccc6)nc(-c6ccc7c(ccc8ccc9ccccc9c87)c6)n5)c34)cc2)cc1. The van der Waals surface area contributed by atoms with Crippen LogP contribution in [0.1, 0.15) is 0 Å². The zero-order chi connectivity index (χ0) is 36.3. The molecular weight excluding hydrogens is 671 g/mol. The van der Waals surface area contributed by atoms with Crippen molar-refractivity contribution in [2.75, 3.05) is 0 Å². The molecule has 4 heteroatoms. The number of nitrogens with zero attached hydrogens (tertiary/aromatic N) is 3. The molecule has 11 rings (SSSR count). The van der Waals surface area contributed by atoms with Crippen LogP contribution < -0.4 is 0 Å². The predicted molar refractivity (Wildman–Crippen MR) is 227 cm³/mol. The molecule has 0 spiro atoms. The zero-order valence-corrected chi connectivity index (χ0v) is 29.6. The maximum atomic E-state index is 6.69. The minimum Gasteiger partial charge on any atom is -0.455 e. The number of rotatable bonds is 5. The van der Waals surface area contributed by atoms with Gasteiger partial charge >= 0.3 is 0 Å². The van der Waals surface area contributed by atoms with Crippen molar-refractivity contribution < 1.29 is 4.42 Å². The molecule has 55 heavy (non-hydrogen) atoms. The maximum Gasteiger partial charge on any atom is 0.164 e. The summed E-state index contributed by atoms with van der Waals surface area (Å²) in [5.41, 5.74) is 8.88. The fraction of sp³-hybridized carbons (Fsp3) is 0. The van der Waals surface area contributed by atoms with Crippen LogP contribution in [0.4, 0.5) is 0 Å². The molecule has 0 saturated heterocycles. The second-order valence-corrected chi connectivity index (χ2v) is 14.0. The second-order valence-electron chi connectivity index (χ2n) is 14.0. The summed E-state index contributed by atoms with van der Waals surface area (Å²) in [6, 6.07) is 65.7. The van der Waals surface area contributed by atoms with Gasteiger partial charge in [0.2, 0.25) is 0 Å². The molecule has 0 N–H and O–H groups in total. The van der Waals surface area contributed by atoms with E-state index in [2.05, 4.69) is 140 Å². The summed E-state index contributed by atoms with van der Waals surface area (Å²) < 4.78 is 6.69. The standard InChI is InChI=1S/C51H31N3O/c1-3-11-32(12-4-1)33-21-23-35(24-22-33)42-17-9-18-43-47-44(19-10-20-45(47)55-48(42)43)51-53-49(37-14-5-2-6-15-37)52-50(54-51)39-29-30-41-38(31-39)28-27-36-26-25-34-13-7-8-16-40(34)46(36)41/h1-31H. The Bertz CT molecular complexity index is 3240. The van der Waals surface area contributed by atoms with Gasteiger partial charge in [-0.1, -0.05) is 176 Å². The van der Waals surface area contributed by atoms with Crippen molar-refractivity contribution in [1.82, 2.24) is 15.0 Å². The molecule has 4 nitrogen and oxygen atoms in total. The molecular formula is C51H31N3O. The van der Waals surface area contributed by atoms with E-state index in [0.29, 0.717) is 17.5 Å². The van der Waals surface area contributed by atoms with E-state index in [4.69, 9.17) is 19.4 Å². The van der Waals surface area contributed by atoms with Crippen LogP contribution in [-0.4, -0.2) is 15.0 Å². The fourth-order valence-electron chi connectivity index (χ4n) is 8.05. The summed E-state index contributed by atoms with van der Waals surface area (Å²) in [6.45, 7) is 0. The number of fused-ring (bicyclic) bond motifs is 8. The van der Waals surface area contributed by atoms with Gasteiger partial charge in [-0.15, -0.1) is 0 Å². The molecule has 11 aromatic rings. The lowest BCUT2D eigenvalue weighted by atomic mass is 9.95. The van der Waals surface area contributed by atoms with Gasteiger partial charge in [0.05, 0.1) is 0 Å². The van der Waals surface area contributed by atoms with E-state index >= 15 is 0 Å². The third-order valence-electron chi connectivity index (χ3n) is 10.7. The highest BCUT2D eigenvalue weighted by molar-refractivity contribution is 6.20. The van der Waals surface area contributed by atoms with Crippen LogP contribution >= 0.6 is 0 Å². The summed E-state index contributed by atoms with van der Waals surface area (Å²) in [4.78, 5) is 15.4. The molecule has 256 valence electrons. The van der Waals surface area contributed by atoms with Gasteiger partial charge in [0.1, 0.15) is 11.2 Å². The highest BCUT2D eigenvalue weighted by Gasteiger charge is 2.20. The third kappa shape index (κ3) is 5.26. The first-order valence-corrected chi connectivity index (χ1v) is 18.5. The molecule has 2 aromatic heterocycles. The van der Waals surface area contributed by atoms with E-state index in [-0.39, 0.29) is 0 Å². The predicted octanol–water partition coefficient (Wildman–Crippen LogP) is 13.6. The van der Waals surface area contributed by atoms with E-state index < -0.39 is 0 Å². The van der Waals surface area contributed by atoms with Crippen molar-refractivity contribution in [3.63, 3.8) is 0 Å². The van der Waals surface area contributed by atoms with Crippen molar-refractivity contribution in [2.24, 2.45) is 0 Å². The molecule has 0 radical (unpaired) electrons. The van der Waals surface area contributed by atoms with Crippen molar-refractivity contribution in [3.8, 4) is 56.4 Å². The first-order valence-electron chi connectivity index (χ1n) is 18.5. The normalized spacial score (nSPS) is 11.6. The summed E-state index contributed by atoms with van der Waals surface area (Å²) >= 11 is 0. The van der Waals surface area contributed by atoms with Crippen molar-refractivity contribution in [3.05, 3.63) is 188 Å². The average Bonchev–Trinajstić information content (AvgIpc) is 3.66. The van der Waals surface area contributed by atoms with Gasteiger partial charge in [0.15, 0.2) is 17.5 Å². The average molecular weight is 702 g/mol. The van der Waals surface area contributed by atoms with E-state index in [1.54, 1.807) is 0 Å². The van der Waals surface area contributed by atoms with E-state index in [1.807, 2.05) is 48.5 Å². The molecule has 0 aliphatic heterocycles. The molecule has 0 bridgehead atoms. The molecule has 0 fully saturated rings. The molecule has 0 saturated carbocycles. The number of para-hydroxylation sites is 1. The largest absolute Gasteiger partial charge is 0.455 e. The summed E-state index contributed by atoms with van der Waals surface area (Å²) in [7, 11) is 0. The molecule has 0 aliphatic carbocycles. The third-order valence-corrected chi connectivity index (χ3v) is 10.7. The summed E-state index contributed by atoms with van der Waals surface area (Å²) in [5.74, 6) is 1.83. The molecule has 0 aliphatic rings. The first kappa shape index (κ1) is 31.1. The van der Waals surface area contributed by atoms with Crippen molar-refractivity contribution in [1.29, 1.82) is 0 Å². The highest BCUT2D eigenvalue weighted by Crippen LogP contribution is 2.41. The second kappa shape index (κ2) is 12.6. The molecule has 0 amide bonds. The van der Waals surface area contributed by atoms with Crippen LogP contribution in [0, 0.1) is 0 Å². The Labute approximate surface area is 317 Å². The van der Waals surface area contributed by atoms with Crippen molar-refractivity contribution >= 4 is 54.3 Å². The van der Waals surface area contributed by atoms with Gasteiger partial charge in [-0.2, -0.15) is 0 Å². The Morgan fingerprint density at radius 3 is 1.69 bits per heavy atom. The van der Waals surface area contributed by atoms with Gasteiger partial charge in [-0.3, -0.25) is 0 Å². The van der Waals surface area contributed by atoms with Gasteiger partial charge in [-0.25, -0.2) is 15.0 Å². The van der Waals surface area contributed by atoms with Crippen LogP contribution in [0.15, 0.2) is 192 Å². The Morgan fingerprint density at radius 2 is 0.873 bits per heavy atom. The summed E-state index contributed by atoms with van der Waals surface area (Å²) in [6.07, 6.45) is 0. The van der Waals surface area contributed by atoms with Gasteiger partial charge in [0.25, 0.3) is 0 Å². The van der Waals surface area contributed by atoms with Crippen LogP contribution in [0.2, 0.25) is 0 Å². The lowest BCUT2D eigenvalue weighted by molar-refractivity contribution is 0.670. The zero-order valence-electron chi connectivity index (χ0n) is 29.6. The maximum absolute atomic E-state index is 6.69. The fourth-order valence-corrected chi connectivity index (χ4v) is 8.05. The van der Waals surface area contributed by atoms with Crippen LogP contribution in [0.5, 0.6) is 0 Å². The van der Waals surface area contributed by atoms with E-state index in [1.165, 1.54) is 38.1 Å². The van der Waals surface area contributed by atoms with E-state index in [0.717, 1.165) is 55.1 Å². The lowest BCUT2D eigenvalue weighted by Crippen LogP contribution is -2.00. The smallest absolute Gasteiger partial charge is 0.164 e. The van der Waals surface area contributed by atoms with Crippen molar-refractivity contribution in [2.45, 2.75) is 0 Å². The lowest BCUT2D eigenvalue weighted by Gasteiger charge is -2.11. The monoisotopic (exact) mass is 701 g/mol. The number of furan rings is 1. The number of aromatic nitrogens is 3. The number of benzene rings is 9. The van der Waals surface area contributed by atoms with Crippen LogP contribution in [0.25, 0.3) is 111 Å². The van der Waals surface area contributed by atoms with Gasteiger partial charge < -0.3 is 4.42 Å². The van der Waals surface area contributed by atoms with E-state index in [9.17, 15) is 0 Å². The van der Waals surface area contributed by atoms with Crippen LogP contribution in [-0.2, 0) is 0 Å². The Hall–Kier alpha value is -7.43.